The van der Waals surface area contributed by atoms with Crippen molar-refractivity contribution in [3.63, 3.8) is 0 Å². The van der Waals surface area contributed by atoms with Crippen LogP contribution in [0.5, 0.6) is 0 Å². The minimum absolute atomic E-state index is 0.620. The van der Waals surface area contributed by atoms with Crippen LogP contribution >= 0.6 is 11.8 Å². The first-order valence-electron chi connectivity index (χ1n) is 7.14. The molecule has 1 aromatic rings. The van der Waals surface area contributed by atoms with E-state index in [0.717, 1.165) is 31.2 Å². The first kappa shape index (κ1) is 13.0. The zero-order valence-electron chi connectivity index (χ0n) is 11.1. The van der Waals surface area contributed by atoms with Crippen LogP contribution in [0, 0.1) is 0 Å². The third-order valence-corrected chi connectivity index (χ3v) is 5.94. The molecule has 2 nitrogen and oxygen atoms in total. The van der Waals surface area contributed by atoms with Gasteiger partial charge in [0.15, 0.2) is 0 Å². The van der Waals surface area contributed by atoms with E-state index in [1.54, 1.807) is 0 Å². The van der Waals surface area contributed by atoms with Gasteiger partial charge in [0.25, 0.3) is 0 Å². The normalized spacial score (nSPS) is 22.7. The van der Waals surface area contributed by atoms with Gasteiger partial charge in [-0.05, 0) is 24.0 Å². The number of thioether (sulfide) groups is 1. The van der Waals surface area contributed by atoms with E-state index in [4.69, 9.17) is 0 Å². The SMILES string of the molecule is O=C(O)C1(c2cccc(C3CSC3)c2)CCCCC1. The Hall–Kier alpha value is -0.960. The summed E-state index contributed by atoms with van der Waals surface area (Å²) in [5.74, 6) is 2.37. The second-order valence-corrected chi connectivity index (χ2v) is 6.88. The van der Waals surface area contributed by atoms with Gasteiger partial charge in [-0.25, -0.2) is 0 Å². The minimum Gasteiger partial charge on any atom is -0.481 e. The Balaban J connectivity index is 1.95. The van der Waals surface area contributed by atoms with Crippen LogP contribution in [0.25, 0.3) is 0 Å². The molecule has 3 rings (SSSR count). The van der Waals surface area contributed by atoms with Gasteiger partial charge < -0.3 is 5.11 Å². The summed E-state index contributed by atoms with van der Waals surface area (Å²) < 4.78 is 0. The molecule has 3 heteroatoms. The van der Waals surface area contributed by atoms with E-state index >= 15 is 0 Å². The lowest BCUT2D eigenvalue weighted by atomic mass is 9.69. The summed E-state index contributed by atoms with van der Waals surface area (Å²) in [5, 5.41) is 9.74. The number of hydrogen-bond acceptors (Lipinski definition) is 2. The Morgan fingerprint density at radius 2 is 1.95 bits per heavy atom. The molecule has 2 fully saturated rings. The molecule has 1 heterocycles. The van der Waals surface area contributed by atoms with Gasteiger partial charge in [-0.1, -0.05) is 43.5 Å². The third-order valence-electron chi connectivity index (χ3n) is 4.67. The van der Waals surface area contributed by atoms with Crippen molar-refractivity contribution in [1.29, 1.82) is 0 Å². The number of benzene rings is 1. The highest BCUT2D eigenvalue weighted by Crippen LogP contribution is 2.42. The molecule has 0 atom stereocenters. The molecular weight excluding hydrogens is 256 g/mol. The second-order valence-electron chi connectivity index (χ2n) is 5.81. The predicted molar refractivity (Wildman–Crippen MR) is 78.9 cm³/mol. The van der Waals surface area contributed by atoms with Gasteiger partial charge >= 0.3 is 5.97 Å². The molecule has 0 spiro atoms. The average Bonchev–Trinajstić information content (AvgIpc) is 2.38. The average molecular weight is 276 g/mol. The molecule has 0 amide bonds. The lowest BCUT2D eigenvalue weighted by molar-refractivity contribution is -0.145. The Morgan fingerprint density at radius 3 is 2.53 bits per heavy atom. The van der Waals surface area contributed by atoms with Gasteiger partial charge in [-0.15, -0.1) is 0 Å². The lowest BCUT2D eigenvalue weighted by Gasteiger charge is -2.35. The smallest absolute Gasteiger partial charge is 0.314 e. The zero-order valence-corrected chi connectivity index (χ0v) is 11.9. The molecule has 0 aromatic heterocycles. The van der Waals surface area contributed by atoms with Crippen molar-refractivity contribution in [3.8, 4) is 0 Å². The highest BCUT2D eigenvalue weighted by molar-refractivity contribution is 8.00. The van der Waals surface area contributed by atoms with Crippen LogP contribution < -0.4 is 0 Å². The highest BCUT2D eigenvalue weighted by atomic mass is 32.2. The molecule has 1 saturated carbocycles. The first-order valence-corrected chi connectivity index (χ1v) is 8.29. The van der Waals surface area contributed by atoms with Crippen LogP contribution in [0.4, 0.5) is 0 Å². The fourth-order valence-corrected chi connectivity index (χ4v) is 4.16. The highest BCUT2D eigenvalue weighted by Gasteiger charge is 2.41. The first-order chi connectivity index (χ1) is 9.22. The molecule has 0 radical (unpaired) electrons. The maximum absolute atomic E-state index is 11.8. The van der Waals surface area contributed by atoms with Crippen LogP contribution in [-0.4, -0.2) is 22.6 Å². The van der Waals surface area contributed by atoms with Crippen molar-refractivity contribution in [2.45, 2.75) is 43.4 Å². The fraction of sp³-hybridized carbons (Fsp3) is 0.562. The number of carbonyl (C=O) groups is 1. The molecular formula is C16H20O2S. The molecule has 1 saturated heterocycles. The number of carboxylic acids is 1. The topological polar surface area (TPSA) is 37.3 Å². The zero-order chi connectivity index (χ0) is 13.3. The van der Waals surface area contributed by atoms with E-state index in [9.17, 15) is 9.90 Å². The molecule has 102 valence electrons. The van der Waals surface area contributed by atoms with Gasteiger partial charge in [0.1, 0.15) is 0 Å². The van der Waals surface area contributed by atoms with Crippen molar-refractivity contribution in [2.24, 2.45) is 0 Å². The minimum atomic E-state index is -0.632. The van der Waals surface area contributed by atoms with Gasteiger partial charge in [0.05, 0.1) is 5.41 Å². The molecule has 1 aliphatic heterocycles. The summed E-state index contributed by atoms with van der Waals surface area (Å²) >= 11 is 1.97. The lowest BCUT2D eigenvalue weighted by Crippen LogP contribution is -2.38. The summed E-state index contributed by atoms with van der Waals surface area (Å²) in [6.45, 7) is 0. The molecule has 0 unspecified atom stereocenters. The Morgan fingerprint density at radius 1 is 1.21 bits per heavy atom. The monoisotopic (exact) mass is 276 g/mol. The largest absolute Gasteiger partial charge is 0.481 e. The van der Waals surface area contributed by atoms with Gasteiger partial charge in [-0.3, -0.25) is 4.79 Å². The van der Waals surface area contributed by atoms with Crippen molar-refractivity contribution in [1.82, 2.24) is 0 Å². The van der Waals surface area contributed by atoms with E-state index in [0.29, 0.717) is 5.92 Å². The molecule has 1 aromatic carbocycles. The number of carboxylic acid groups (broad SMARTS) is 1. The van der Waals surface area contributed by atoms with Gasteiger partial charge in [-0.2, -0.15) is 11.8 Å². The summed E-state index contributed by atoms with van der Waals surface area (Å²) in [4.78, 5) is 11.8. The molecule has 2 aliphatic rings. The van der Waals surface area contributed by atoms with Crippen LogP contribution in [0.2, 0.25) is 0 Å². The molecule has 1 aliphatic carbocycles. The van der Waals surface area contributed by atoms with Crippen LogP contribution in [0.3, 0.4) is 0 Å². The maximum atomic E-state index is 11.8. The van der Waals surface area contributed by atoms with E-state index in [1.807, 2.05) is 23.9 Å². The van der Waals surface area contributed by atoms with Crippen molar-refractivity contribution < 1.29 is 9.90 Å². The second kappa shape index (κ2) is 5.20. The summed E-state index contributed by atoms with van der Waals surface area (Å²) in [7, 11) is 0. The maximum Gasteiger partial charge on any atom is 0.314 e. The molecule has 0 bridgehead atoms. The van der Waals surface area contributed by atoms with Crippen LogP contribution in [0.15, 0.2) is 24.3 Å². The van der Waals surface area contributed by atoms with Crippen molar-refractivity contribution in [3.05, 3.63) is 35.4 Å². The van der Waals surface area contributed by atoms with Crippen LogP contribution in [0.1, 0.15) is 49.1 Å². The Bertz CT molecular complexity index is 473. The fourth-order valence-electron chi connectivity index (χ4n) is 3.30. The predicted octanol–water partition coefficient (Wildman–Crippen LogP) is 3.80. The van der Waals surface area contributed by atoms with E-state index in [-0.39, 0.29) is 0 Å². The quantitative estimate of drug-likeness (QED) is 0.912. The van der Waals surface area contributed by atoms with E-state index < -0.39 is 11.4 Å². The molecule has 19 heavy (non-hydrogen) atoms. The number of hydrogen-bond donors (Lipinski definition) is 1. The van der Waals surface area contributed by atoms with Crippen LogP contribution in [-0.2, 0) is 10.2 Å². The Kier molecular flexibility index (Phi) is 3.57. The number of aliphatic carboxylic acids is 1. The molecule has 1 N–H and O–H groups in total. The Labute approximate surface area is 118 Å². The van der Waals surface area contributed by atoms with Crippen molar-refractivity contribution in [2.75, 3.05) is 11.5 Å². The summed E-state index contributed by atoms with van der Waals surface area (Å²) in [6.07, 6.45) is 4.84. The van der Waals surface area contributed by atoms with Crippen molar-refractivity contribution >= 4 is 17.7 Å². The van der Waals surface area contributed by atoms with E-state index in [1.165, 1.54) is 23.5 Å². The summed E-state index contributed by atoms with van der Waals surface area (Å²) in [6, 6.07) is 8.40. The number of rotatable bonds is 3. The summed E-state index contributed by atoms with van der Waals surface area (Å²) in [5.41, 5.74) is 1.75. The third kappa shape index (κ3) is 2.29. The van der Waals surface area contributed by atoms with Gasteiger partial charge in [0.2, 0.25) is 0 Å². The standard InChI is InChI=1S/C16H20O2S/c17-15(18)16(7-2-1-3-8-16)14-6-4-5-12(9-14)13-10-19-11-13/h4-6,9,13H,1-3,7-8,10-11H2,(H,17,18). The van der Waals surface area contributed by atoms with Gasteiger partial charge in [0, 0.05) is 17.4 Å². The van der Waals surface area contributed by atoms with E-state index in [2.05, 4.69) is 12.1 Å².